The highest BCUT2D eigenvalue weighted by Gasteiger charge is 2.39. The maximum atomic E-state index is 12.5. The summed E-state index contributed by atoms with van der Waals surface area (Å²) in [5.74, 6) is 3.16. The minimum absolute atomic E-state index is 0.0942. The Balaban J connectivity index is 1.39. The average Bonchev–Trinajstić information content (AvgIpc) is 3.10. The first-order chi connectivity index (χ1) is 13.1. The van der Waals surface area contributed by atoms with Gasteiger partial charge in [-0.2, -0.15) is 0 Å². The van der Waals surface area contributed by atoms with E-state index in [0.717, 1.165) is 61.7 Å². The van der Waals surface area contributed by atoms with Crippen LogP contribution < -0.4 is 4.74 Å². The highest BCUT2D eigenvalue weighted by atomic mass is 16.5. The molecule has 1 aliphatic carbocycles. The second kappa shape index (κ2) is 7.37. The van der Waals surface area contributed by atoms with Crippen molar-refractivity contribution in [1.82, 2.24) is 9.88 Å². The van der Waals surface area contributed by atoms with Crippen LogP contribution in [0.25, 0.3) is 0 Å². The van der Waals surface area contributed by atoms with Crippen molar-refractivity contribution in [1.29, 1.82) is 0 Å². The van der Waals surface area contributed by atoms with E-state index in [1.54, 1.807) is 7.11 Å². The Bertz CT molecular complexity index is 801. The molecule has 0 atom stereocenters. The molecule has 0 radical (unpaired) electrons. The molecule has 5 nitrogen and oxygen atoms in total. The molecule has 1 aromatic carbocycles. The Kier molecular flexibility index (Phi) is 4.94. The quantitative estimate of drug-likeness (QED) is 0.802. The van der Waals surface area contributed by atoms with Gasteiger partial charge in [-0.05, 0) is 43.4 Å². The van der Waals surface area contributed by atoms with Crippen molar-refractivity contribution >= 4 is 5.91 Å². The van der Waals surface area contributed by atoms with Crippen LogP contribution in [0, 0.1) is 5.92 Å². The average molecular weight is 368 g/mol. The van der Waals surface area contributed by atoms with Crippen LogP contribution in [0.4, 0.5) is 0 Å². The van der Waals surface area contributed by atoms with Gasteiger partial charge in [-0.25, -0.2) is 4.98 Å². The van der Waals surface area contributed by atoms with Crippen molar-refractivity contribution in [2.45, 2.75) is 50.9 Å². The zero-order chi connectivity index (χ0) is 18.9. The Labute approximate surface area is 160 Å². The summed E-state index contributed by atoms with van der Waals surface area (Å²) >= 11 is 0. The van der Waals surface area contributed by atoms with E-state index in [9.17, 15) is 4.79 Å². The van der Waals surface area contributed by atoms with Crippen LogP contribution in [0.15, 0.2) is 34.9 Å². The van der Waals surface area contributed by atoms with Gasteiger partial charge in [0.2, 0.25) is 5.91 Å². The molecule has 0 spiro atoms. The van der Waals surface area contributed by atoms with Crippen LogP contribution in [0.1, 0.15) is 56.2 Å². The molecule has 1 saturated heterocycles. The molecule has 2 aliphatic rings. The summed E-state index contributed by atoms with van der Waals surface area (Å²) < 4.78 is 11.4. The monoisotopic (exact) mass is 368 g/mol. The van der Waals surface area contributed by atoms with Gasteiger partial charge in [0.05, 0.1) is 13.3 Å². The molecule has 1 aliphatic heterocycles. The molecule has 2 aromatic rings. The number of ether oxygens (including phenoxy) is 1. The Hall–Kier alpha value is -2.30. The zero-order valence-electron chi connectivity index (χ0n) is 16.2. The summed E-state index contributed by atoms with van der Waals surface area (Å²) in [5.41, 5.74) is 1.05. The number of hydrogen-bond donors (Lipinski definition) is 0. The summed E-state index contributed by atoms with van der Waals surface area (Å²) in [6.07, 6.45) is 7.70. The molecule has 1 aromatic heterocycles. The number of benzene rings is 1. The molecule has 0 unspecified atom stereocenters. The van der Waals surface area contributed by atoms with Gasteiger partial charge in [-0.1, -0.05) is 25.5 Å². The second-order valence-electron chi connectivity index (χ2n) is 8.17. The Morgan fingerprint density at radius 1 is 1.33 bits per heavy atom. The molecule has 1 amide bonds. The predicted octanol–water partition coefficient (Wildman–Crippen LogP) is 3.95. The number of carbonyl (C=O) groups excluding carboxylic acids is 1. The van der Waals surface area contributed by atoms with E-state index in [4.69, 9.17) is 9.15 Å². The molecule has 4 rings (SSSR count). The summed E-state index contributed by atoms with van der Waals surface area (Å²) in [7, 11) is 1.68. The molecule has 2 fully saturated rings. The third-order valence-corrected chi connectivity index (χ3v) is 6.22. The van der Waals surface area contributed by atoms with Crippen molar-refractivity contribution in [3.63, 3.8) is 0 Å². The van der Waals surface area contributed by atoms with Crippen LogP contribution in [0.5, 0.6) is 5.75 Å². The second-order valence-corrected chi connectivity index (χ2v) is 8.17. The minimum Gasteiger partial charge on any atom is -0.497 e. The number of likely N-dealkylation sites (tertiary alicyclic amines) is 1. The first-order valence-electron chi connectivity index (χ1n) is 9.94. The van der Waals surface area contributed by atoms with Crippen molar-refractivity contribution in [2.24, 2.45) is 5.92 Å². The third-order valence-electron chi connectivity index (χ3n) is 6.22. The van der Waals surface area contributed by atoms with Gasteiger partial charge in [0.15, 0.2) is 5.89 Å². The number of aromatic nitrogens is 1. The number of methoxy groups -OCH3 is 1. The first-order valence-corrected chi connectivity index (χ1v) is 9.94. The third kappa shape index (κ3) is 3.73. The van der Waals surface area contributed by atoms with Crippen LogP contribution >= 0.6 is 0 Å². The van der Waals surface area contributed by atoms with Crippen LogP contribution in [0.2, 0.25) is 0 Å². The lowest BCUT2D eigenvalue weighted by atomic mass is 9.78. The van der Waals surface area contributed by atoms with Gasteiger partial charge in [0.25, 0.3) is 0 Å². The minimum atomic E-state index is -0.0942. The summed E-state index contributed by atoms with van der Waals surface area (Å²) in [6.45, 7) is 3.82. The first kappa shape index (κ1) is 18.1. The molecule has 5 heteroatoms. The van der Waals surface area contributed by atoms with Gasteiger partial charge in [0.1, 0.15) is 11.5 Å². The normalized spacial score (nSPS) is 19.6. The van der Waals surface area contributed by atoms with E-state index in [1.165, 1.54) is 6.42 Å². The molecule has 0 bridgehead atoms. The van der Waals surface area contributed by atoms with Gasteiger partial charge in [-0.3, -0.25) is 4.79 Å². The molecule has 1 saturated carbocycles. The number of carbonyl (C=O) groups is 1. The van der Waals surface area contributed by atoms with Gasteiger partial charge < -0.3 is 14.1 Å². The maximum Gasteiger partial charge on any atom is 0.225 e. The smallest absolute Gasteiger partial charge is 0.225 e. The number of amides is 1. The number of nitrogens with zero attached hydrogens (tertiary/aromatic N) is 2. The lowest BCUT2D eigenvalue weighted by Gasteiger charge is -2.40. The SMILES string of the molecule is COc1cccc(Cc2cnc(C3(C)CCN(C(=O)C4CCC4)CC3)o2)c1. The number of rotatable bonds is 5. The lowest BCUT2D eigenvalue weighted by Crippen LogP contribution is -2.47. The fraction of sp³-hybridized carbons (Fsp3) is 0.545. The molecule has 2 heterocycles. The Morgan fingerprint density at radius 2 is 2.11 bits per heavy atom. The van der Waals surface area contributed by atoms with Crippen LogP contribution in [0.3, 0.4) is 0 Å². The van der Waals surface area contributed by atoms with Crippen LogP contribution in [-0.2, 0) is 16.6 Å². The summed E-state index contributed by atoms with van der Waals surface area (Å²) in [6, 6.07) is 8.02. The van der Waals surface area contributed by atoms with E-state index >= 15 is 0 Å². The number of oxazole rings is 1. The van der Waals surface area contributed by atoms with E-state index in [2.05, 4.69) is 18.0 Å². The predicted molar refractivity (Wildman–Crippen MR) is 103 cm³/mol. The van der Waals surface area contributed by atoms with Gasteiger partial charge in [0, 0.05) is 30.8 Å². The largest absolute Gasteiger partial charge is 0.497 e. The van der Waals surface area contributed by atoms with Gasteiger partial charge >= 0.3 is 0 Å². The van der Waals surface area contributed by atoms with Crippen LogP contribution in [-0.4, -0.2) is 36.0 Å². The summed E-state index contributed by atoms with van der Waals surface area (Å²) in [5, 5.41) is 0. The fourth-order valence-electron chi connectivity index (χ4n) is 4.00. The molecular formula is C22H28N2O3. The van der Waals surface area contributed by atoms with Crippen molar-refractivity contribution in [3.8, 4) is 5.75 Å². The molecule has 0 N–H and O–H groups in total. The Morgan fingerprint density at radius 3 is 2.78 bits per heavy atom. The standard InChI is InChI=1S/C22H28N2O3/c1-22(9-11-24(12-10-22)20(25)17-6-4-7-17)21-23-15-19(27-21)14-16-5-3-8-18(13-16)26-2/h3,5,8,13,15,17H,4,6-7,9-12,14H2,1-2H3. The van der Waals surface area contributed by atoms with Crippen molar-refractivity contribution in [3.05, 3.63) is 47.7 Å². The topological polar surface area (TPSA) is 55.6 Å². The molecular weight excluding hydrogens is 340 g/mol. The number of hydrogen-bond acceptors (Lipinski definition) is 4. The van der Waals surface area contributed by atoms with Crippen molar-refractivity contribution in [2.75, 3.05) is 20.2 Å². The zero-order valence-corrected chi connectivity index (χ0v) is 16.2. The fourth-order valence-corrected chi connectivity index (χ4v) is 4.00. The maximum absolute atomic E-state index is 12.5. The highest BCUT2D eigenvalue weighted by molar-refractivity contribution is 5.79. The highest BCUT2D eigenvalue weighted by Crippen LogP contribution is 2.37. The molecule has 144 valence electrons. The lowest BCUT2D eigenvalue weighted by molar-refractivity contribution is -0.139. The van der Waals surface area contributed by atoms with E-state index < -0.39 is 0 Å². The van der Waals surface area contributed by atoms with E-state index in [1.807, 2.05) is 29.3 Å². The van der Waals surface area contributed by atoms with Crippen molar-refractivity contribution < 1.29 is 13.9 Å². The summed E-state index contributed by atoms with van der Waals surface area (Å²) in [4.78, 5) is 19.1. The molecule has 27 heavy (non-hydrogen) atoms. The number of piperidine rings is 1. The van der Waals surface area contributed by atoms with Gasteiger partial charge in [-0.15, -0.1) is 0 Å². The van der Waals surface area contributed by atoms with E-state index in [-0.39, 0.29) is 11.3 Å². The van der Waals surface area contributed by atoms with E-state index in [0.29, 0.717) is 12.3 Å².